The Bertz CT molecular complexity index is 559. The van der Waals surface area contributed by atoms with Crippen molar-refractivity contribution in [3.05, 3.63) is 0 Å². The summed E-state index contributed by atoms with van der Waals surface area (Å²) >= 11 is 0. The monoisotopic (exact) mass is 432 g/mol. The maximum absolute atomic E-state index is 12.0. The summed E-state index contributed by atoms with van der Waals surface area (Å²) in [6, 6.07) is 0. The van der Waals surface area contributed by atoms with Crippen LogP contribution >= 0.6 is 0 Å². The van der Waals surface area contributed by atoms with Crippen LogP contribution < -0.4 is 0 Å². The van der Waals surface area contributed by atoms with Crippen LogP contribution in [0.2, 0.25) is 0 Å². The largest absolute Gasteiger partial charge is 0.448 e. The fraction of sp³-hybridized carbons (Fsp3) is 0.667. The van der Waals surface area contributed by atoms with E-state index in [0.29, 0.717) is 0 Å². The molecule has 1 rings (SSSR count). The van der Waals surface area contributed by atoms with Crippen LogP contribution in [0.3, 0.4) is 0 Å². The summed E-state index contributed by atoms with van der Waals surface area (Å²) < 4.78 is 29.0. The van der Waals surface area contributed by atoms with Gasteiger partial charge in [-0.2, -0.15) is 0 Å². The van der Waals surface area contributed by atoms with Gasteiger partial charge < -0.3 is 28.4 Å². The molecule has 0 aromatic carbocycles. The van der Waals surface area contributed by atoms with Crippen LogP contribution in [0.15, 0.2) is 0 Å². The van der Waals surface area contributed by atoms with Gasteiger partial charge in [0.15, 0.2) is 36.6 Å². The summed E-state index contributed by atoms with van der Waals surface area (Å²) in [6.45, 7) is 7.07. The minimum absolute atomic E-state index is 1.07. The lowest BCUT2D eigenvalue weighted by Gasteiger charge is -2.22. The quantitative estimate of drug-likeness (QED) is 0.360. The highest BCUT2D eigenvalue weighted by Gasteiger charge is 2.33. The number of carbonyl (C=O) groups is 6. The molecule has 0 amide bonds. The Morgan fingerprint density at radius 1 is 0.333 bits per heavy atom. The van der Waals surface area contributed by atoms with E-state index >= 15 is 0 Å². The lowest BCUT2D eigenvalue weighted by molar-refractivity contribution is -0.191. The molecule has 12 nitrogen and oxygen atoms in total. The molecular weight excluding hydrogens is 408 g/mol. The molecule has 168 valence electrons. The van der Waals surface area contributed by atoms with Crippen molar-refractivity contribution in [1.82, 2.24) is 0 Å². The third kappa shape index (κ3) is 7.01. The van der Waals surface area contributed by atoms with Gasteiger partial charge in [0.05, 0.1) is 0 Å². The Morgan fingerprint density at radius 3 is 0.533 bits per heavy atom. The highest BCUT2D eigenvalue weighted by molar-refractivity contribution is 5.88. The van der Waals surface area contributed by atoms with Crippen LogP contribution in [0, 0.1) is 0 Å². The third-order valence-corrected chi connectivity index (χ3v) is 3.75. The van der Waals surface area contributed by atoms with E-state index in [1.807, 2.05) is 0 Å². The Hall–Kier alpha value is -3.18. The van der Waals surface area contributed by atoms with Gasteiger partial charge in [-0.15, -0.1) is 0 Å². The third-order valence-electron chi connectivity index (χ3n) is 3.75. The van der Waals surface area contributed by atoms with Crippen LogP contribution in [0.5, 0.6) is 0 Å². The molecule has 0 aromatic heterocycles. The lowest BCUT2D eigenvalue weighted by atomic mass is 10.3. The zero-order valence-corrected chi connectivity index (χ0v) is 17.4. The molecule has 6 atom stereocenters. The number of hydrogen-bond donors (Lipinski definition) is 0. The number of carbonyl (C=O) groups excluding carboxylic acids is 6. The van der Waals surface area contributed by atoms with Crippen molar-refractivity contribution in [3.63, 3.8) is 0 Å². The van der Waals surface area contributed by atoms with Crippen molar-refractivity contribution in [2.45, 2.75) is 78.2 Å². The molecular formula is C18H24O12. The molecule has 0 N–H and O–H groups in total. The fourth-order valence-corrected chi connectivity index (χ4v) is 1.91. The standard InChI is InChI=1S/C18H24O12/c1-7-13(19)26-9(3)15(21)28-11(5)17(23)30-12(6)18(24)29-10(4)16(22)27-8(2)14(20)25-7/h7-12H,1-6H3/t7-,8+,9+,10-,11-,12+. The van der Waals surface area contributed by atoms with Crippen LogP contribution in [-0.2, 0) is 57.2 Å². The maximum atomic E-state index is 12.0. The van der Waals surface area contributed by atoms with E-state index < -0.39 is 72.4 Å². The van der Waals surface area contributed by atoms with Crippen LogP contribution in [0.1, 0.15) is 41.5 Å². The number of esters is 6. The first-order valence-corrected chi connectivity index (χ1v) is 9.06. The Morgan fingerprint density at radius 2 is 0.433 bits per heavy atom. The number of hydrogen-bond acceptors (Lipinski definition) is 12. The van der Waals surface area contributed by atoms with Gasteiger partial charge in [-0.3, -0.25) is 0 Å². The molecule has 0 saturated carbocycles. The average molecular weight is 432 g/mol. The van der Waals surface area contributed by atoms with Crippen molar-refractivity contribution in [1.29, 1.82) is 0 Å². The lowest BCUT2D eigenvalue weighted by Crippen LogP contribution is -2.40. The number of cyclic esters (lactones) is 6. The summed E-state index contributed by atoms with van der Waals surface area (Å²) in [4.78, 5) is 72.0. The second-order valence-electron chi connectivity index (χ2n) is 6.47. The Balaban J connectivity index is 3.04. The Kier molecular flexibility index (Phi) is 8.75. The summed E-state index contributed by atoms with van der Waals surface area (Å²) in [5, 5.41) is 0. The highest BCUT2D eigenvalue weighted by Crippen LogP contribution is 2.10. The van der Waals surface area contributed by atoms with Crippen molar-refractivity contribution in [2.24, 2.45) is 0 Å². The van der Waals surface area contributed by atoms with E-state index in [1.54, 1.807) is 0 Å². The Labute approximate surface area is 172 Å². The van der Waals surface area contributed by atoms with E-state index in [9.17, 15) is 28.8 Å². The normalized spacial score (nSPS) is 33.0. The fourth-order valence-electron chi connectivity index (χ4n) is 1.91. The highest BCUT2D eigenvalue weighted by atomic mass is 16.7. The van der Waals surface area contributed by atoms with Gasteiger partial charge in [-0.1, -0.05) is 0 Å². The predicted molar refractivity (Wildman–Crippen MR) is 93.3 cm³/mol. The molecule has 0 spiro atoms. The molecule has 1 fully saturated rings. The summed E-state index contributed by atoms with van der Waals surface area (Å²) in [5.74, 6) is -6.42. The van der Waals surface area contributed by atoms with Crippen LogP contribution in [0.25, 0.3) is 0 Å². The molecule has 0 radical (unpaired) electrons. The van der Waals surface area contributed by atoms with Gasteiger partial charge >= 0.3 is 35.8 Å². The van der Waals surface area contributed by atoms with Gasteiger partial charge in [0.1, 0.15) is 0 Å². The average Bonchev–Trinajstić information content (AvgIpc) is 2.66. The molecule has 1 aliphatic heterocycles. The minimum Gasteiger partial charge on any atom is -0.448 e. The molecule has 0 bridgehead atoms. The molecule has 1 heterocycles. The molecule has 0 aromatic rings. The SMILES string of the molecule is C[C@@H]1OC(=O)[C@@H](C)OC(=O)[C@H](C)OC(=O)[C@@H](C)OC(=O)[C@H](C)OC(=O)[C@@H](C)OC1=O. The molecule has 0 aliphatic carbocycles. The number of ether oxygens (including phenoxy) is 6. The molecule has 0 unspecified atom stereocenters. The van der Waals surface area contributed by atoms with Crippen molar-refractivity contribution < 1.29 is 57.2 Å². The summed E-state index contributed by atoms with van der Waals surface area (Å²) in [5.41, 5.74) is 0. The topological polar surface area (TPSA) is 158 Å². The van der Waals surface area contributed by atoms with Gasteiger partial charge in [-0.05, 0) is 41.5 Å². The zero-order chi connectivity index (χ0) is 23.2. The van der Waals surface area contributed by atoms with Crippen LogP contribution in [0.4, 0.5) is 0 Å². The van der Waals surface area contributed by atoms with Crippen molar-refractivity contribution in [2.75, 3.05) is 0 Å². The van der Waals surface area contributed by atoms with E-state index in [4.69, 9.17) is 28.4 Å². The molecule has 1 saturated heterocycles. The smallest absolute Gasteiger partial charge is 0.347 e. The first kappa shape index (κ1) is 24.9. The van der Waals surface area contributed by atoms with Gasteiger partial charge in [0, 0.05) is 0 Å². The summed E-state index contributed by atoms with van der Waals surface area (Å²) in [7, 11) is 0. The van der Waals surface area contributed by atoms with E-state index in [1.165, 1.54) is 41.5 Å². The minimum atomic E-state index is -1.44. The van der Waals surface area contributed by atoms with Gasteiger partial charge in [-0.25, -0.2) is 28.8 Å². The molecule has 30 heavy (non-hydrogen) atoms. The molecule has 12 heteroatoms. The van der Waals surface area contributed by atoms with E-state index in [0.717, 1.165) is 0 Å². The zero-order valence-electron chi connectivity index (χ0n) is 17.4. The predicted octanol–water partition coefficient (Wildman–Crippen LogP) is -0.410. The number of rotatable bonds is 0. The van der Waals surface area contributed by atoms with Crippen molar-refractivity contribution >= 4 is 35.8 Å². The van der Waals surface area contributed by atoms with Gasteiger partial charge in [0.25, 0.3) is 0 Å². The van der Waals surface area contributed by atoms with Crippen molar-refractivity contribution in [3.8, 4) is 0 Å². The maximum Gasteiger partial charge on any atom is 0.347 e. The second kappa shape index (κ2) is 10.6. The summed E-state index contributed by atoms with van der Waals surface area (Å²) in [6.07, 6.45) is -8.63. The first-order chi connectivity index (χ1) is 13.8. The van der Waals surface area contributed by atoms with Gasteiger partial charge in [0.2, 0.25) is 0 Å². The van der Waals surface area contributed by atoms with Crippen LogP contribution in [-0.4, -0.2) is 72.4 Å². The first-order valence-electron chi connectivity index (χ1n) is 9.06. The van der Waals surface area contributed by atoms with E-state index in [-0.39, 0.29) is 0 Å². The molecule has 1 aliphatic rings. The van der Waals surface area contributed by atoms with E-state index in [2.05, 4.69) is 0 Å². The second-order valence-corrected chi connectivity index (χ2v) is 6.47.